The number of aliphatic hydroxyl groups is 1. The molecule has 1 amide bonds. The molecule has 3 heteroatoms. The van der Waals surface area contributed by atoms with Crippen molar-refractivity contribution in [1.82, 2.24) is 4.90 Å². The minimum atomic E-state index is 0.0385. The fourth-order valence-electron chi connectivity index (χ4n) is 2.30. The highest BCUT2D eigenvalue weighted by molar-refractivity contribution is 5.94. The Morgan fingerprint density at radius 3 is 2.53 bits per heavy atom. The predicted molar refractivity (Wildman–Crippen MR) is 76.2 cm³/mol. The van der Waals surface area contributed by atoms with Crippen LogP contribution < -0.4 is 0 Å². The molecule has 1 aromatic rings. The average molecular weight is 261 g/mol. The highest BCUT2D eigenvalue weighted by atomic mass is 16.3. The van der Waals surface area contributed by atoms with Crippen molar-refractivity contribution in [2.75, 3.05) is 13.2 Å². The molecule has 0 atom stereocenters. The second kappa shape index (κ2) is 6.71. The van der Waals surface area contributed by atoms with E-state index in [9.17, 15) is 4.79 Å². The number of rotatable bonds is 7. The summed E-state index contributed by atoms with van der Waals surface area (Å²) in [7, 11) is 0. The van der Waals surface area contributed by atoms with Gasteiger partial charge in [-0.15, -0.1) is 0 Å². The van der Waals surface area contributed by atoms with Gasteiger partial charge in [-0.2, -0.15) is 0 Å². The van der Waals surface area contributed by atoms with Gasteiger partial charge in [0.05, 0.1) is 6.61 Å². The van der Waals surface area contributed by atoms with Crippen molar-refractivity contribution in [2.24, 2.45) is 0 Å². The topological polar surface area (TPSA) is 40.5 Å². The van der Waals surface area contributed by atoms with E-state index in [0.29, 0.717) is 12.6 Å². The number of aliphatic hydroxyl groups excluding tert-OH is 1. The lowest BCUT2D eigenvalue weighted by Gasteiger charge is -2.21. The molecule has 2 rings (SSSR count). The van der Waals surface area contributed by atoms with Crippen LogP contribution >= 0.6 is 0 Å². The molecule has 1 aromatic carbocycles. The van der Waals surface area contributed by atoms with Gasteiger partial charge in [-0.25, -0.2) is 0 Å². The summed E-state index contributed by atoms with van der Waals surface area (Å²) >= 11 is 0. The zero-order chi connectivity index (χ0) is 13.7. The molecule has 0 saturated heterocycles. The van der Waals surface area contributed by atoms with Gasteiger partial charge in [-0.3, -0.25) is 4.79 Å². The van der Waals surface area contributed by atoms with Gasteiger partial charge in [-0.1, -0.05) is 25.5 Å². The molecular weight excluding hydrogens is 238 g/mol. The van der Waals surface area contributed by atoms with Gasteiger partial charge in [0.25, 0.3) is 5.91 Å². The van der Waals surface area contributed by atoms with E-state index in [1.165, 1.54) is 18.4 Å². The van der Waals surface area contributed by atoms with Crippen LogP contribution in [-0.2, 0) is 6.42 Å². The maximum atomic E-state index is 12.4. The number of hydrogen-bond acceptors (Lipinski definition) is 2. The smallest absolute Gasteiger partial charge is 0.254 e. The number of carbonyl (C=O) groups excluding carboxylic acids is 1. The van der Waals surface area contributed by atoms with Crippen molar-refractivity contribution < 1.29 is 9.90 Å². The third-order valence-electron chi connectivity index (χ3n) is 3.61. The van der Waals surface area contributed by atoms with Crippen LogP contribution in [0.1, 0.15) is 48.5 Å². The summed E-state index contributed by atoms with van der Waals surface area (Å²) in [6.07, 6.45) is 5.59. The summed E-state index contributed by atoms with van der Waals surface area (Å²) in [5.41, 5.74) is 2.03. The molecule has 0 spiro atoms. The monoisotopic (exact) mass is 261 g/mol. The third-order valence-corrected chi connectivity index (χ3v) is 3.61. The molecule has 104 valence electrons. The fraction of sp³-hybridized carbons (Fsp3) is 0.562. The van der Waals surface area contributed by atoms with Gasteiger partial charge >= 0.3 is 0 Å². The third kappa shape index (κ3) is 3.80. The summed E-state index contributed by atoms with van der Waals surface area (Å²) in [6, 6.07) is 8.28. The Kier molecular flexibility index (Phi) is 4.97. The Balaban J connectivity index is 2.01. The van der Waals surface area contributed by atoms with Gasteiger partial charge in [0.15, 0.2) is 0 Å². The molecule has 0 unspecified atom stereocenters. The van der Waals surface area contributed by atoms with E-state index >= 15 is 0 Å². The van der Waals surface area contributed by atoms with E-state index in [4.69, 9.17) is 5.11 Å². The molecule has 3 nitrogen and oxygen atoms in total. The van der Waals surface area contributed by atoms with Crippen molar-refractivity contribution in [1.29, 1.82) is 0 Å². The first-order valence-corrected chi connectivity index (χ1v) is 7.27. The standard InChI is InChI=1S/C16H23NO2/c1-2-3-4-13-5-7-14(8-6-13)16(19)17(11-12-18)15-9-10-15/h5-8,15,18H,2-4,9-12H2,1H3. The van der Waals surface area contributed by atoms with Gasteiger partial charge in [-0.05, 0) is 43.4 Å². The highest BCUT2D eigenvalue weighted by Crippen LogP contribution is 2.28. The molecular formula is C16H23NO2. The second-order valence-corrected chi connectivity index (χ2v) is 5.25. The van der Waals surface area contributed by atoms with Crippen molar-refractivity contribution in [3.63, 3.8) is 0 Å². The van der Waals surface area contributed by atoms with E-state index in [1.54, 1.807) is 4.90 Å². The zero-order valence-corrected chi connectivity index (χ0v) is 11.6. The van der Waals surface area contributed by atoms with Crippen LogP contribution in [0.2, 0.25) is 0 Å². The van der Waals surface area contributed by atoms with Crippen molar-refractivity contribution >= 4 is 5.91 Å². The summed E-state index contributed by atoms with van der Waals surface area (Å²) in [6.45, 7) is 2.66. The Labute approximate surface area is 115 Å². The number of benzene rings is 1. The van der Waals surface area contributed by atoms with Gasteiger partial charge in [0.2, 0.25) is 0 Å². The normalized spacial score (nSPS) is 14.4. The fourth-order valence-corrected chi connectivity index (χ4v) is 2.30. The predicted octanol–water partition coefficient (Wildman–Crippen LogP) is 2.63. The molecule has 0 aliphatic heterocycles. The van der Waals surface area contributed by atoms with Crippen LogP contribution in [0, 0.1) is 0 Å². The molecule has 0 bridgehead atoms. The minimum Gasteiger partial charge on any atom is -0.395 e. The first-order valence-electron chi connectivity index (χ1n) is 7.27. The summed E-state index contributed by atoms with van der Waals surface area (Å²) in [5, 5.41) is 9.06. The van der Waals surface area contributed by atoms with Crippen molar-refractivity contribution in [3.8, 4) is 0 Å². The van der Waals surface area contributed by atoms with Crippen LogP contribution in [-0.4, -0.2) is 35.1 Å². The minimum absolute atomic E-state index is 0.0385. The summed E-state index contributed by atoms with van der Waals surface area (Å²) in [5.74, 6) is 0.0543. The number of unbranched alkanes of at least 4 members (excludes halogenated alkanes) is 1. The molecule has 1 saturated carbocycles. The Morgan fingerprint density at radius 1 is 1.32 bits per heavy atom. The molecule has 0 heterocycles. The quantitative estimate of drug-likeness (QED) is 0.819. The first-order chi connectivity index (χ1) is 9.26. The molecule has 0 aromatic heterocycles. The van der Waals surface area contributed by atoms with E-state index in [2.05, 4.69) is 6.92 Å². The lowest BCUT2D eigenvalue weighted by Crippen LogP contribution is -2.35. The second-order valence-electron chi connectivity index (χ2n) is 5.25. The maximum Gasteiger partial charge on any atom is 0.254 e. The largest absolute Gasteiger partial charge is 0.395 e. The van der Waals surface area contributed by atoms with E-state index < -0.39 is 0 Å². The van der Waals surface area contributed by atoms with Crippen LogP contribution in [0.4, 0.5) is 0 Å². The highest BCUT2D eigenvalue weighted by Gasteiger charge is 2.32. The Bertz CT molecular complexity index is 409. The van der Waals surface area contributed by atoms with Crippen LogP contribution in [0.5, 0.6) is 0 Å². The van der Waals surface area contributed by atoms with E-state index in [0.717, 1.165) is 24.8 Å². The molecule has 1 N–H and O–H groups in total. The Hall–Kier alpha value is -1.35. The lowest BCUT2D eigenvalue weighted by atomic mass is 10.1. The van der Waals surface area contributed by atoms with Crippen LogP contribution in [0.3, 0.4) is 0 Å². The first kappa shape index (κ1) is 14.1. The molecule has 0 radical (unpaired) electrons. The average Bonchev–Trinajstić information content (AvgIpc) is 3.27. The van der Waals surface area contributed by atoms with Gasteiger partial charge in [0, 0.05) is 18.2 Å². The van der Waals surface area contributed by atoms with Crippen molar-refractivity contribution in [3.05, 3.63) is 35.4 Å². The molecule has 1 aliphatic rings. The van der Waals surface area contributed by atoms with E-state index in [1.807, 2.05) is 24.3 Å². The molecule has 1 aliphatic carbocycles. The summed E-state index contributed by atoms with van der Waals surface area (Å²) < 4.78 is 0. The lowest BCUT2D eigenvalue weighted by molar-refractivity contribution is 0.0707. The van der Waals surface area contributed by atoms with Crippen LogP contribution in [0.25, 0.3) is 0 Å². The Morgan fingerprint density at radius 2 is 2.00 bits per heavy atom. The van der Waals surface area contributed by atoms with E-state index in [-0.39, 0.29) is 12.5 Å². The van der Waals surface area contributed by atoms with Gasteiger partial charge in [0.1, 0.15) is 0 Å². The van der Waals surface area contributed by atoms with Crippen molar-refractivity contribution in [2.45, 2.75) is 45.1 Å². The van der Waals surface area contributed by atoms with Crippen LogP contribution in [0.15, 0.2) is 24.3 Å². The number of carbonyl (C=O) groups is 1. The number of aryl methyl sites for hydroxylation is 1. The maximum absolute atomic E-state index is 12.4. The SMILES string of the molecule is CCCCc1ccc(C(=O)N(CCO)C2CC2)cc1. The summed E-state index contributed by atoms with van der Waals surface area (Å²) in [4.78, 5) is 14.2. The molecule has 1 fully saturated rings. The number of hydrogen-bond donors (Lipinski definition) is 1. The zero-order valence-electron chi connectivity index (χ0n) is 11.6. The number of nitrogens with zero attached hydrogens (tertiary/aromatic N) is 1. The van der Waals surface area contributed by atoms with Gasteiger partial charge < -0.3 is 10.0 Å². The molecule has 19 heavy (non-hydrogen) atoms. The number of amides is 1.